The summed E-state index contributed by atoms with van der Waals surface area (Å²) >= 11 is 0. The number of carboxylic acids is 1. The topological polar surface area (TPSA) is 70.7 Å². The smallest absolute Gasteiger partial charge is 0.320 e. The van der Waals surface area contributed by atoms with Gasteiger partial charge in [0.15, 0.2) is 0 Å². The lowest BCUT2D eigenvalue weighted by atomic mass is 9.85. The third-order valence-corrected chi connectivity index (χ3v) is 5.71. The highest BCUT2D eigenvalue weighted by atomic mass is 16.4. The summed E-state index contributed by atoms with van der Waals surface area (Å²) in [6, 6.07) is 2.06. The van der Waals surface area contributed by atoms with Gasteiger partial charge in [-0.1, -0.05) is 12.8 Å². The fourth-order valence-corrected chi connectivity index (χ4v) is 4.72. The maximum absolute atomic E-state index is 11.8. The van der Waals surface area contributed by atoms with Crippen molar-refractivity contribution in [1.29, 1.82) is 0 Å². The molecule has 1 aliphatic carbocycles. The first kappa shape index (κ1) is 15.6. The Morgan fingerprint density at radius 3 is 2.92 bits per heavy atom. The highest BCUT2D eigenvalue weighted by molar-refractivity contribution is 5.74. The first-order valence-electron chi connectivity index (χ1n) is 8.83. The van der Waals surface area contributed by atoms with E-state index in [2.05, 4.69) is 26.2 Å². The van der Waals surface area contributed by atoms with Crippen molar-refractivity contribution in [3.63, 3.8) is 0 Å². The summed E-state index contributed by atoms with van der Waals surface area (Å²) < 4.78 is 2.06. The number of rotatable bonds is 3. The van der Waals surface area contributed by atoms with Crippen LogP contribution in [-0.2, 0) is 11.3 Å². The molecule has 0 spiro atoms. The molecule has 2 aliphatic rings. The predicted octanol–water partition coefficient (Wildman–Crippen LogP) is 2.56. The van der Waals surface area contributed by atoms with Crippen LogP contribution in [0.5, 0.6) is 0 Å². The first-order valence-corrected chi connectivity index (χ1v) is 8.83. The van der Waals surface area contributed by atoms with Gasteiger partial charge in [0.05, 0.1) is 11.9 Å². The van der Waals surface area contributed by atoms with Crippen LogP contribution >= 0.6 is 0 Å². The average Bonchev–Trinajstić information content (AvgIpc) is 3.10. The molecule has 0 aromatic carbocycles. The summed E-state index contributed by atoms with van der Waals surface area (Å²) in [6.07, 6.45) is 7.35. The molecule has 0 bridgehead atoms. The van der Waals surface area contributed by atoms with Crippen molar-refractivity contribution < 1.29 is 9.90 Å². The minimum atomic E-state index is -0.691. The Bertz CT molecular complexity index is 785. The predicted molar refractivity (Wildman–Crippen MR) is 89.8 cm³/mol. The molecule has 0 amide bonds. The zero-order valence-electron chi connectivity index (χ0n) is 14.3. The minimum absolute atomic E-state index is 0.373. The van der Waals surface area contributed by atoms with Crippen LogP contribution in [0.4, 0.5) is 0 Å². The van der Waals surface area contributed by atoms with Gasteiger partial charge in [-0.25, -0.2) is 9.97 Å². The number of imidazole rings is 1. The van der Waals surface area contributed by atoms with Crippen molar-refractivity contribution in [2.45, 2.75) is 64.6 Å². The fourth-order valence-electron chi connectivity index (χ4n) is 4.72. The normalized spacial score (nSPS) is 27.5. The first-order chi connectivity index (χ1) is 11.5. The Morgan fingerprint density at radius 2 is 2.12 bits per heavy atom. The van der Waals surface area contributed by atoms with E-state index < -0.39 is 5.97 Å². The van der Waals surface area contributed by atoms with E-state index in [9.17, 15) is 9.90 Å². The largest absolute Gasteiger partial charge is 0.480 e. The third-order valence-electron chi connectivity index (χ3n) is 5.71. The molecule has 2 aromatic heterocycles. The standard InChI is InChI=1S/C18H24N4O2/c1-11-7-12(2)22-14(9-19-18(22)20-11)10-21-15-6-4-3-5-13(15)8-16(21)17(23)24/h7,9,13,15-16H,3-6,8,10H2,1-2H3,(H,23,24). The third kappa shape index (κ3) is 2.49. The number of carboxylic acid groups (broad SMARTS) is 1. The number of aliphatic carboxylic acids is 1. The second-order valence-corrected chi connectivity index (χ2v) is 7.30. The van der Waals surface area contributed by atoms with Crippen LogP contribution in [0.2, 0.25) is 0 Å². The SMILES string of the molecule is Cc1cc(C)n2c(CN3C(C(=O)O)CC4CCCCC43)cnc2n1. The van der Waals surface area contributed by atoms with Gasteiger partial charge in [0.2, 0.25) is 5.78 Å². The lowest BCUT2D eigenvalue weighted by molar-refractivity contribution is -0.142. The maximum Gasteiger partial charge on any atom is 0.320 e. The fraction of sp³-hybridized carbons (Fsp3) is 0.611. The summed E-state index contributed by atoms with van der Waals surface area (Å²) in [5.74, 6) is 0.540. The zero-order chi connectivity index (χ0) is 16.8. The Kier molecular flexibility index (Phi) is 3.79. The van der Waals surface area contributed by atoms with Crippen molar-refractivity contribution in [2.75, 3.05) is 0 Å². The van der Waals surface area contributed by atoms with Gasteiger partial charge in [0, 0.05) is 24.0 Å². The van der Waals surface area contributed by atoms with Crippen LogP contribution in [0.25, 0.3) is 5.78 Å². The molecule has 128 valence electrons. The lowest BCUT2D eigenvalue weighted by Gasteiger charge is -2.32. The van der Waals surface area contributed by atoms with Gasteiger partial charge in [0.1, 0.15) is 6.04 Å². The van der Waals surface area contributed by atoms with E-state index in [-0.39, 0.29) is 6.04 Å². The molecule has 24 heavy (non-hydrogen) atoms. The second-order valence-electron chi connectivity index (χ2n) is 7.30. The maximum atomic E-state index is 11.8. The second kappa shape index (κ2) is 5.84. The summed E-state index contributed by atoms with van der Waals surface area (Å²) in [6.45, 7) is 4.65. The molecule has 3 heterocycles. The van der Waals surface area contributed by atoms with E-state index in [1.54, 1.807) is 0 Å². The molecule has 4 rings (SSSR count). The van der Waals surface area contributed by atoms with Crippen LogP contribution in [0.15, 0.2) is 12.3 Å². The van der Waals surface area contributed by atoms with Crippen molar-refractivity contribution in [2.24, 2.45) is 5.92 Å². The summed E-state index contributed by atoms with van der Waals surface area (Å²) in [5.41, 5.74) is 3.08. The Hall–Kier alpha value is -1.95. The number of carbonyl (C=O) groups is 1. The van der Waals surface area contributed by atoms with Crippen LogP contribution < -0.4 is 0 Å². The van der Waals surface area contributed by atoms with Gasteiger partial charge in [-0.05, 0) is 45.1 Å². The highest BCUT2D eigenvalue weighted by Crippen LogP contribution is 2.40. The molecule has 1 aliphatic heterocycles. The van der Waals surface area contributed by atoms with Gasteiger partial charge in [-0.2, -0.15) is 0 Å². The number of nitrogens with zero attached hydrogens (tertiary/aromatic N) is 4. The van der Waals surface area contributed by atoms with Crippen LogP contribution in [0, 0.1) is 19.8 Å². The molecule has 3 atom stereocenters. The van der Waals surface area contributed by atoms with Gasteiger partial charge in [-0.15, -0.1) is 0 Å². The van der Waals surface area contributed by atoms with Crippen LogP contribution in [0.1, 0.15) is 49.2 Å². The number of hydrogen-bond donors (Lipinski definition) is 1. The molecule has 3 unspecified atom stereocenters. The number of hydrogen-bond acceptors (Lipinski definition) is 4. The highest BCUT2D eigenvalue weighted by Gasteiger charge is 2.45. The number of aryl methyl sites for hydroxylation is 2. The van der Waals surface area contributed by atoms with Crippen LogP contribution in [0.3, 0.4) is 0 Å². The molecule has 0 radical (unpaired) electrons. The van der Waals surface area contributed by atoms with Gasteiger partial charge < -0.3 is 5.11 Å². The molecule has 2 fully saturated rings. The molecule has 6 heteroatoms. The molecular formula is C18H24N4O2. The van der Waals surface area contributed by atoms with E-state index >= 15 is 0 Å². The lowest BCUT2D eigenvalue weighted by Crippen LogP contribution is -2.41. The Balaban J connectivity index is 1.69. The van der Waals surface area contributed by atoms with Gasteiger partial charge >= 0.3 is 5.97 Å². The summed E-state index contributed by atoms with van der Waals surface area (Å²) in [4.78, 5) is 22.9. The summed E-state index contributed by atoms with van der Waals surface area (Å²) in [5, 5.41) is 9.69. The van der Waals surface area contributed by atoms with E-state index in [4.69, 9.17) is 0 Å². The molecule has 6 nitrogen and oxygen atoms in total. The van der Waals surface area contributed by atoms with Crippen molar-refractivity contribution in [3.05, 3.63) is 29.3 Å². The number of likely N-dealkylation sites (tertiary alicyclic amines) is 1. The average molecular weight is 328 g/mol. The molecule has 1 saturated heterocycles. The monoisotopic (exact) mass is 328 g/mol. The van der Waals surface area contributed by atoms with E-state index in [1.807, 2.05) is 19.2 Å². The van der Waals surface area contributed by atoms with E-state index in [1.165, 1.54) is 12.8 Å². The quantitative estimate of drug-likeness (QED) is 0.937. The zero-order valence-corrected chi connectivity index (χ0v) is 14.3. The Morgan fingerprint density at radius 1 is 1.33 bits per heavy atom. The van der Waals surface area contributed by atoms with Crippen molar-refractivity contribution in [1.82, 2.24) is 19.3 Å². The number of fused-ring (bicyclic) bond motifs is 2. The minimum Gasteiger partial charge on any atom is -0.480 e. The van der Waals surface area contributed by atoms with Gasteiger partial charge in [-0.3, -0.25) is 14.1 Å². The van der Waals surface area contributed by atoms with Gasteiger partial charge in [0.25, 0.3) is 0 Å². The molecule has 2 aromatic rings. The molecule has 1 saturated carbocycles. The van der Waals surface area contributed by atoms with Crippen molar-refractivity contribution >= 4 is 11.7 Å². The molecular weight excluding hydrogens is 304 g/mol. The summed E-state index contributed by atoms with van der Waals surface area (Å²) in [7, 11) is 0. The van der Waals surface area contributed by atoms with E-state index in [0.29, 0.717) is 24.3 Å². The van der Waals surface area contributed by atoms with Crippen molar-refractivity contribution in [3.8, 4) is 0 Å². The number of aromatic nitrogens is 3. The molecule has 1 N–H and O–H groups in total. The van der Waals surface area contributed by atoms with Crippen LogP contribution in [-0.4, -0.2) is 42.4 Å². The Labute approximate surface area is 141 Å². The van der Waals surface area contributed by atoms with E-state index in [0.717, 1.165) is 36.3 Å².